The van der Waals surface area contributed by atoms with E-state index >= 15 is 0 Å². The van der Waals surface area contributed by atoms with Crippen molar-refractivity contribution in [3.05, 3.63) is 63.7 Å². The zero-order valence-electron chi connectivity index (χ0n) is 17.4. The highest BCUT2D eigenvalue weighted by molar-refractivity contribution is 14.1. The molecule has 0 aliphatic heterocycles. The normalized spacial score (nSPS) is 10.7. The molecular weight excluding hydrogens is 525 g/mol. The van der Waals surface area contributed by atoms with Crippen LogP contribution in [0.25, 0.3) is 17.0 Å². The molecule has 0 saturated heterocycles. The first-order valence-electron chi connectivity index (χ1n) is 9.71. The molecule has 2 heterocycles. The molecule has 0 unspecified atom stereocenters. The van der Waals surface area contributed by atoms with Crippen molar-refractivity contribution in [3.8, 4) is 28.8 Å². The Bertz CT molecular complexity index is 1260. The van der Waals surface area contributed by atoms with E-state index in [0.717, 1.165) is 9.13 Å². The third-order valence-corrected chi connectivity index (χ3v) is 5.58. The lowest BCUT2D eigenvalue weighted by Crippen LogP contribution is -2.28. The van der Waals surface area contributed by atoms with Crippen LogP contribution in [0.3, 0.4) is 0 Å². The molecule has 0 bridgehead atoms. The first-order chi connectivity index (χ1) is 15.6. The maximum Gasteiger partial charge on any atom is 0.252 e. The molecule has 0 aliphatic rings. The summed E-state index contributed by atoms with van der Waals surface area (Å²) in [6.07, 6.45) is 0. The van der Waals surface area contributed by atoms with E-state index in [0.29, 0.717) is 41.0 Å². The fourth-order valence-corrected chi connectivity index (χ4v) is 3.69. The maximum absolute atomic E-state index is 12.3. The van der Waals surface area contributed by atoms with Crippen molar-refractivity contribution >= 4 is 34.1 Å². The van der Waals surface area contributed by atoms with Gasteiger partial charge in [0.1, 0.15) is 18.1 Å². The van der Waals surface area contributed by atoms with Crippen LogP contribution >= 0.6 is 22.6 Å². The minimum absolute atomic E-state index is 0.144. The number of fused-ring (bicyclic) bond motifs is 1. The van der Waals surface area contributed by atoms with Crippen LogP contribution in [0.4, 0.5) is 0 Å². The summed E-state index contributed by atoms with van der Waals surface area (Å²) < 4.78 is 18.9. The van der Waals surface area contributed by atoms with Crippen LogP contribution in [0.1, 0.15) is 10.4 Å². The van der Waals surface area contributed by atoms with Gasteiger partial charge in [-0.1, -0.05) is 12.1 Å². The number of carbonyl (C=O) groups excluding carboxylic acids is 1. The van der Waals surface area contributed by atoms with E-state index in [4.69, 9.17) is 14.2 Å². The number of halogens is 1. The summed E-state index contributed by atoms with van der Waals surface area (Å²) in [5, 5.41) is 15.8. The summed E-state index contributed by atoms with van der Waals surface area (Å²) in [7, 11) is 3.17. The number of carbonyl (C=O) groups is 1. The smallest absolute Gasteiger partial charge is 0.252 e. The standard InChI is InChI=1S/C22H20IN5O4/c1-30-14-7-8-16(18(13-14)31-2)21-26-25-19-9-10-20(27-28(19)21)32-12-11-24-22(29)15-5-3-4-6-17(15)23/h3-10,13H,11-12H2,1-2H3,(H,24,29). The first kappa shape index (κ1) is 21.8. The number of methoxy groups -OCH3 is 2. The van der Waals surface area contributed by atoms with E-state index in [2.05, 4.69) is 43.2 Å². The highest BCUT2D eigenvalue weighted by Crippen LogP contribution is 2.32. The molecule has 1 N–H and O–H groups in total. The first-order valence-corrected chi connectivity index (χ1v) is 10.8. The van der Waals surface area contributed by atoms with Gasteiger partial charge in [-0.05, 0) is 52.9 Å². The molecule has 4 rings (SSSR count). The number of aromatic nitrogens is 4. The number of rotatable bonds is 8. The number of hydrogen-bond acceptors (Lipinski definition) is 7. The Kier molecular flexibility index (Phi) is 6.69. The lowest BCUT2D eigenvalue weighted by Gasteiger charge is -2.10. The summed E-state index contributed by atoms with van der Waals surface area (Å²) in [6, 6.07) is 16.3. The molecule has 2 aromatic heterocycles. The van der Waals surface area contributed by atoms with Crippen molar-refractivity contribution < 1.29 is 19.0 Å². The highest BCUT2D eigenvalue weighted by Gasteiger charge is 2.16. The monoisotopic (exact) mass is 545 g/mol. The molecule has 2 aromatic carbocycles. The summed E-state index contributed by atoms with van der Waals surface area (Å²) in [5.41, 5.74) is 1.92. The van der Waals surface area contributed by atoms with Gasteiger partial charge in [0.15, 0.2) is 11.5 Å². The lowest BCUT2D eigenvalue weighted by atomic mass is 10.2. The highest BCUT2D eigenvalue weighted by atomic mass is 127. The van der Waals surface area contributed by atoms with Gasteiger partial charge in [-0.15, -0.1) is 15.3 Å². The van der Waals surface area contributed by atoms with E-state index in [1.165, 1.54) is 0 Å². The molecule has 0 spiro atoms. The minimum atomic E-state index is -0.144. The molecule has 4 aromatic rings. The molecule has 0 radical (unpaired) electrons. The van der Waals surface area contributed by atoms with Crippen LogP contribution in [-0.2, 0) is 0 Å². The molecule has 10 heteroatoms. The second-order valence-electron chi connectivity index (χ2n) is 6.62. The number of ether oxygens (including phenoxy) is 3. The maximum atomic E-state index is 12.3. The molecular formula is C22H20IN5O4. The van der Waals surface area contributed by atoms with Gasteiger partial charge in [0.05, 0.1) is 31.9 Å². The van der Waals surface area contributed by atoms with Crippen LogP contribution in [0.5, 0.6) is 17.4 Å². The molecule has 9 nitrogen and oxygen atoms in total. The molecule has 0 fully saturated rings. The van der Waals surface area contributed by atoms with Gasteiger partial charge in [0.2, 0.25) is 5.88 Å². The van der Waals surface area contributed by atoms with E-state index in [1.54, 1.807) is 43.0 Å². The van der Waals surface area contributed by atoms with Gasteiger partial charge in [-0.25, -0.2) is 0 Å². The fourth-order valence-electron chi connectivity index (χ4n) is 3.06. The Morgan fingerprint density at radius 2 is 1.91 bits per heavy atom. The van der Waals surface area contributed by atoms with E-state index in [-0.39, 0.29) is 12.5 Å². The SMILES string of the molecule is COc1ccc(-c2nnc3ccc(OCCNC(=O)c4ccccc4I)nn23)c(OC)c1. The van der Waals surface area contributed by atoms with Crippen molar-refractivity contribution in [1.82, 2.24) is 25.1 Å². The third kappa shape index (κ3) is 4.59. The second kappa shape index (κ2) is 9.81. The van der Waals surface area contributed by atoms with E-state index in [9.17, 15) is 4.79 Å². The van der Waals surface area contributed by atoms with Crippen LogP contribution in [0.15, 0.2) is 54.6 Å². The number of benzene rings is 2. The Morgan fingerprint density at radius 3 is 2.69 bits per heavy atom. The summed E-state index contributed by atoms with van der Waals surface area (Å²) in [5.74, 6) is 2.01. The van der Waals surface area contributed by atoms with Gasteiger partial charge in [0, 0.05) is 15.7 Å². The third-order valence-electron chi connectivity index (χ3n) is 4.64. The predicted octanol–water partition coefficient (Wildman–Crippen LogP) is 3.22. The zero-order valence-corrected chi connectivity index (χ0v) is 19.6. The molecule has 32 heavy (non-hydrogen) atoms. The number of nitrogens with zero attached hydrogens (tertiary/aromatic N) is 4. The van der Waals surface area contributed by atoms with Gasteiger partial charge in [0.25, 0.3) is 5.91 Å². The van der Waals surface area contributed by atoms with Crippen molar-refractivity contribution in [2.75, 3.05) is 27.4 Å². The predicted molar refractivity (Wildman–Crippen MR) is 126 cm³/mol. The van der Waals surface area contributed by atoms with Crippen molar-refractivity contribution in [2.45, 2.75) is 0 Å². The van der Waals surface area contributed by atoms with Gasteiger partial charge in [-0.2, -0.15) is 4.52 Å². The van der Waals surface area contributed by atoms with Crippen molar-refractivity contribution in [2.24, 2.45) is 0 Å². The molecule has 0 saturated carbocycles. The topological polar surface area (TPSA) is 99.9 Å². The average Bonchev–Trinajstić information content (AvgIpc) is 3.24. The minimum Gasteiger partial charge on any atom is -0.497 e. The summed E-state index contributed by atoms with van der Waals surface area (Å²) in [4.78, 5) is 12.3. The second-order valence-corrected chi connectivity index (χ2v) is 7.78. The Hall–Kier alpha value is -3.41. The lowest BCUT2D eigenvalue weighted by molar-refractivity contribution is 0.0945. The van der Waals surface area contributed by atoms with Crippen LogP contribution in [-0.4, -0.2) is 53.1 Å². The Balaban J connectivity index is 1.46. The number of amides is 1. The Labute approximate surface area is 197 Å². The van der Waals surface area contributed by atoms with Crippen LogP contribution < -0.4 is 19.5 Å². The fraction of sp³-hybridized carbons (Fsp3) is 0.182. The van der Waals surface area contributed by atoms with Gasteiger partial charge >= 0.3 is 0 Å². The largest absolute Gasteiger partial charge is 0.497 e. The zero-order chi connectivity index (χ0) is 22.5. The van der Waals surface area contributed by atoms with Crippen molar-refractivity contribution in [1.29, 1.82) is 0 Å². The number of nitrogens with one attached hydrogen (secondary N) is 1. The average molecular weight is 545 g/mol. The van der Waals surface area contributed by atoms with E-state index in [1.807, 2.05) is 30.3 Å². The molecule has 0 aliphatic carbocycles. The Morgan fingerprint density at radius 1 is 1.06 bits per heavy atom. The molecule has 0 atom stereocenters. The number of hydrogen-bond donors (Lipinski definition) is 1. The molecule has 1 amide bonds. The van der Waals surface area contributed by atoms with E-state index < -0.39 is 0 Å². The summed E-state index contributed by atoms with van der Waals surface area (Å²) in [6.45, 7) is 0.599. The van der Waals surface area contributed by atoms with Crippen molar-refractivity contribution in [3.63, 3.8) is 0 Å². The quantitative estimate of drug-likeness (QED) is 0.268. The van der Waals surface area contributed by atoms with Gasteiger partial charge < -0.3 is 19.5 Å². The van der Waals surface area contributed by atoms with Crippen LogP contribution in [0, 0.1) is 3.57 Å². The van der Waals surface area contributed by atoms with Gasteiger partial charge in [-0.3, -0.25) is 4.79 Å². The molecule has 164 valence electrons. The summed E-state index contributed by atoms with van der Waals surface area (Å²) >= 11 is 2.14. The van der Waals surface area contributed by atoms with Crippen LogP contribution in [0.2, 0.25) is 0 Å².